The van der Waals surface area contributed by atoms with E-state index in [-0.39, 0.29) is 17.5 Å². The number of nitrogens with zero attached hydrogens (tertiary/aromatic N) is 3. The van der Waals surface area contributed by atoms with Gasteiger partial charge in [0.2, 0.25) is 0 Å². The highest BCUT2D eigenvalue weighted by molar-refractivity contribution is 5.94. The van der Waals surface area contributed by atoms with Crippen LogP contribution in [0.1, 0.15) is 84.8 Å². The topological polar surface area (TPSA) is 69.3 Å². The van der Waals surface area contributed by atoms with Crippen molar-refractivity contribution in [3.8, 4) is 0 Å². The second-order valence-corrected chi connectivity index (χ2v) is 9.41. The minimum atomic E-state index is -0.424. The zero-order valence-electron chi connectivity index (χ0n) is 18.5. The van der Waals surface area contributed by atoms with Crippen LogP contribution in [0.4, 0.5) is 4.39 Å². The maximum Gasteiger partial charge on any atom is 0.255 e. The lowest BCUT2D eigenvalue weighted by Crippen LogP contribution is -2.44. The number of piperidine rings is 1. The monoisotopic (exact) mass is 438 g/mol. The molecule has 5 rings (SSSR count). The summed E-state index contributed by atoms with van der Waals surface area (Å²) in [5.41, 5.74) is 1.92. The van der Waals surface area contributed by atoms with Crippen molar-refractivity contribution in [2.75, 3.05) is 13.1 Å². The molecule has 6 nitrogen and oxygen atoms in total. The van der Waals surface area contributed by atoms with Crippen molar-refractivity contribution in [3.63, 3.8) is 0 Å². The Morgan fingerprint density at radius 3 is 2.69 bits per heavy atom. The van der Waals surface area contributed by atoms with Gasteiger partial charge in [-0.25, -0.2) is 9.37 Å². The van der Waals surface area contributed by atoms with Gasteiger partial charge in [0.05, 0.1) is 17.3 Å². The van der Waals surface area contributed by atoms with E-state index in [4.69, 9.17) is 4.98 Å². The third-order valence-electron chi connectivity index (χ3n) is 7.36. The molecule has 1 N–H and O–H groups in total. The highest BCUT2D eigenvalue weighted by Crippen LogP contribution is 2.31. The van der Waals surface area contributed by atoms with Crippen molar-refractivity contribution >= 4 is 5.91 Å². The summed E-state index contributed by atoms with van der Waals surface area (Å²) >= 11 is 0. The van der Waals surface area contributed by atoms with Crippen LogP contribution in [-0.4, -0.2) is 44.8 Å². The van der Waals surface area contributed by atoms with Crippen LogP contribution in [0.25, 0.3) is 0 Å². The molecule has 3 heterocycles. The van der Waals surface area contributed by atoms with E-state index in [1.165, 1.54) is 44.2 Å². The zero-order chi connectivity index (χ0) is 22.1. The van der Waals surface area contributed by atoms with Gasteiger partial charge in [0.25, 0.3) is 11.5 Å². The molecule has 2 aromatic rings. The van der Waals surface area contributed by atoms with E-state index in [1.807, 2.05) is 0 Å². The summed E-state index contributed by atoms with van der Waals surface area (Å²) in [4.78, 5) is 38.3. The van der Waals surface area contributed by atoms with Gasteiger partial charge in [0, 0.05) is 37.7 Å². The predicted octanol–water partition coefficient (Wildman–Crippen LogP) is 3.97. The van der Waals surface area contributed by atoms with Gasteiger partial charge >= 0.3 is 0 Å². The van der Waals surface area contributed by atoms with Crippen LogP contribution in [0.5, 0.6) is 0 Å². The molecular formula is C25H31FN4O2. The van der Waals surface area contributed by atoms with Crippen molar-refractivity contribution in [2.45, 2.75) is 76.4 Å². The standard InChI is InChI=1S/C25H31FN4O2/c26-18-8-6-7-17(15-18)25(32)30-13-5-4-11-22(30)23-27-21-12-14-29(16-20(21)24(31)28-23)19-9-2-1-3-10-19/h6-8,15,19,22H,1-5,9-14,16H2,(H,27,28,31)/t22-/m1/s1. The van der Waals surface area contributed by atoms with E-state index in [0.29, 0.717) is 30.5 Å². The van der Waals surface area contributed by atoms with Gasteiger partial charge < -0.3 is 9.88 Å². The first-order valence-corrected chi connectivity index (χ1v) is 12.0. The van der Waals surface area contributed by atoms with E-state index in [9.17, 15) is 14.0 Å². The molecule has 1 atom stereocenters. The molecule has 32 heavy (non-hydrogen) atoms. The van der Waals surface area contributed by atoms with E-state index >= 15 is 0 Å². The summed E-state index contributed by atoms with van der Waals surface area (Å²) in [7, 11) is 0. The van der Waals surface area contributed by atoms with Gasteiger partial charge in [-0.3, -0.25) is 14.5 Å². The molecule has 2 aliphatic heterocycles. The Labute approximate surface area is 187 Å². The second-order valence-electron chi connectivity index (χ2n) is 9.41. The molecule has 0 radical (unpaired) electrons. The number of carbonyl (C=O) groups is 1. The van der Waals surface area contributed by atoms with Crippen LogP contribution in [0, 0.1) is 5.82 Å². The van der Waals surface area contributed by atoms with Crippen LogP contribution < -0.4 is 5.56 Å². The van der Waals surface area contributed by atoms with Crippen LogP contribution in [0.3, 0.4) is 0 Å². The normalized spacial score (nSPS) is 22.5. The lowest BCUT2D eigenvalue weighted by molar-refractivity contribution is 0.0597. The third kappa shape index (κ3) is 4.22. The molecular weight excluding hydrogens is 407 g/mol. The van der Waals surface area contributed by atoms with Crippen LogP contribution >= 0.6 is 0 Å². The van der Waals surface area contributed by atoms with Gasteiger partial charge in [0.1, 0.15) is 11.6 Å². The largest absolute Gasteiger partial charge is 0.328 e. The summed E-state index contributed by atoms with van der Waals surface area (Å²) in [5, 5.41) is 0. The highest BCUT2D eigenvalue weighted by Gasteiger charge is 2.33. The Bertz CT molecular complexity index is 1050. The first-order valence-electron chi connectivity index (χ1n) is 12.0. The number of hydrogen-bond acceptors (Lipinski definition) is 4. The molecule has 0 unspecified atom stereocenters. The fourth-order valence-electron chi connectivity index (χ4n) is 5.63. The average Bonchev–Trinajstić information content (AvgIpc) is 2.84. The van der Waals surface area contributed by atoms with Crippen LogP contribution in [0.15, 0.2) is 29.1 Å². The fourth-order valence-corrected chi connectivity index (χ4v) is 5.63. The minimum absolute atomic E-state index is 0.0748. The number of amides is 1. The molecule has 0 spiro atoms. The number of aromatic nitrogens is 2. The van der Waals surface area contributed by atoms with E-state index in [1.54, 1.807) is 17.0 Å². The van der Waals surface area contributed by atoms with Gasteiger partial charge in [-0.2, -0.15) is 0 Å². The van der Waals surface area contributed by atoms with Crippen molar-refractivity contribution in [1.82, 2.24) is 19.8 Å². The lowest BCUT2D eigenvalue weighted by atomic mass is 9.92. The summed E-state index contributed by atoms with van der Waals surface area (Å²) in [6, 6.07) is 6.10. The Hall–Kier alpha value is -2.54. The van der Waals surface area contributed by atoms with E-state index in [0.717, 1.165) is 43.5 Å². The van der Waals surface area contributed by atoms with Crippen LogP contribution in [-0.2, 0) is 13.0 Å². The van der Waals surface area contributed by atoms with Gasteiger partial charge in [-0.1, -0.05) is 25.3 Å². The maximum absolute atomic E-state index is 13.7. The quantitative estimate of drug-likeness (QED) is 0.787. The fraction of sp³-hybridized carbons (Fsp3) is 0.560. The van der Waals surface area contributed by atoms with Crippen molar-refractivity contribution < 1.29 is 9.18 Å². The first kappa shape index (κ1) is 21.3. The summed E-state index contributed by atoms with van der Waals surface area (Å²) < 4.78 is 13.7. The zero-order valence-corrected chi connectivity index (χ0v) is 18.5. The molecule has 1 aliphatic carbocycles. The number of nitrogens with one attached hydrogen (secondary N) is 1. The molecule has 3 aliphatic rings. The number of halogens is 1. The predicted molar refractivity (Wildman–Crippen MR) is 120 cm³/mol. The number of carbonyl (C=O) groups excluding carboxylic acids is 1. The lowest BCUT2D eigenvalue weighted by Gasteiger charge is -2.38. The summed E-state index contributed by atoms with van der Waals surface area (Å²) in [5.74, 6) is -0.0606. The van der Waals surface area contributed by atoms with Gasteiger partial charge in [-0.05, 0) is 50.3 Å². The van der Waals surface area contributed by atoms with Crippen LogP contribution in [0.2, 0.25) is 0 Å². The summed E-state index contributed by atoms with van der Waals surface area (Å²) in [6.45, 7) is 2.18. The maximum atomic E-state index is 13.7. The molecule has 1 aromatic carbocycles. The Kier molecular flexibility index (Phi) is 6.09. The SMILES string of the molecule is O=C(c1cccc(F)c1)N1CCCC[C@@H]1c1nc2c(c(=O)[nH]1)CN(C1CCCCC1)CC2. The van der Waals surface area contributed by atoms with Crippen molar-refractivity contribution in [2.24, 2.45) is 0 Å². The Morgan fingerprint density at radius 2 is 1.88 bits per heavy atom. The van der Waals surface area contributed by atoms with Gasteiger partial charge in [-0.15, -0.1) is 0 Å². The van der Waals surface area contributed by atoms with Crippen molar-refractivity contribution in [3.05, 3.63) is 63.1 Å². The molecule has 1 aromatic heterocycles. The smallest absolute Gasteiger partial charge is 0.255 e. The minimum Gasteiger partial charge on any atom is -0.328 e. The molecule has 7 heteroatoms. The number of hydrogen-bond donors (Lipinski definition) is 1. The van der Waals surface area contributed by atoms with E-state index in [2.05, 4.69) is 9.88 Å². The van der Waals surface area contributed by atoms with Gasteiger partial charge in [0.15, 0.2) is 0 Å². The molecule has 170 valence electrons. The van der Waals surface area contributed by atoms with E-state index < -0.39 is 5.82 Å². The summed E-state index contributed by atoms with van der Waals surface area (Å²) in [6.07, 6.45) is 9.69. The molecule has 0 bridgehead atoms. The second kappa shape index (κ2) is 9.14. The number of benzene rings is 1. The molecule has 1 saturated heterocycles. The molecule has 2 fully saturated rings. The number of fused-ring (bicyclic) bond motifs is 1. The first-order chi connectivity index (χ1) is 15.6. The highest BCUT2D eigenvalue weighted by atomic mass is 19.1. The number of aromatic amines is 1. The molecule has 1 saturated carbocycles. The number of rotatable bonds is 3. The molecule has 1 amide bonds. The number of likely N-dealkylation sites (tertiary alicyclic amines) is 1. The Morgan fingerprint density at radius 1 is 1.06 bits per heavy atom. The average molecular weight is 439 g/mol. The Balaban J connectivity index is 1.40. The number of H-pyrrole nitrogens is 1. The third-order valence-corrected chi connectivity index (χ3v) is 7.36. The van der Waals surface area contributed by atoms with Crippen molar-refractivity contribution in [1.29, 1.82) is 0 Å².